The lowest BCUT2D eigenvalue weighted by Gasteiger charge is -2.18. The summed E-state index contributed by atoms with van der Waals surface area (Å²) in [4.78, 5) is 11.1. The Morgan fingerprint density at radius 1 is 1.60 bits per heavy atom. The number of thioether (sulfide) groups is 1. The second kappa shape index (κ2) is 3.98. The van der Waals surface area contributed by atoms with E-state index >= 15 is 0 Å². The fourth-order valence-corrected chi connectivity index (χ4v) is 0.705. The molecule has 0 aromatic carbocycles. The first-order chi connectivity index (χ1) is 4.54. The largest absolute Gasteiger partial charge is 0.377 e. The van der Waals surface area contributed by atoms with Gasteiger partial charge in [0.1, 0.15) is 6.61 Å². The molecule has 0 aliphatic carbocycles. The van der Waals surface area contributed by atoms with Gasteiger partial charge in [0.25, 0.3) is 0 Å². The van der Waals surface area contributed by atoms with E-state index in [-0.39, 0.29) is 17.1 Å². The van der Waals surface area contributed by atoms with Gasteiger partial charge in [-0.05, 0) is 20.1 Å². The summed E-state index contributed by atoms with van der Waals surface area (Å²) in [6, 6.07) is 0. The molecule has 60 valence electrons. The minimum absolute atomic E-state index is 0.141. The van der Waals surface area contributed by atoms with Crippen LogP contribution in [0.3, 0.4) is 0 Å². The molecule has 3 heteroatoms. The second-order valence-corrected chi connectivity index (χ2v) is 4.00. The summed E-state index contributed by atoms with van der Waals surface area (Å²) in [6.45, 7) is 4.02. The number of ketones is 1. The summed E-state index contributed by atoms with van der Waals surface area (Å²) < 4.78 is 4.43. The van der Waals surface area contributed by atoms with Crippen molar-refractivity contribution in [2.75, 3.05) is 20.0 Å². The SMILES string of the molecule is COCC(=O)C(C)(C)SC. The maximum absolute atomic E-state index is 11.1. The molecule has 2 nitrogen and oxygen atoms in total. The average molecular weight is 162 g/mol. The van der Waals surface area contributed by atoms with Crippen LogP contribution in [0.25, 0.3) is 0 Å². The number of hydrogen-bond donors (Lipinski definition) is 0. The molecule has 0 bridgehead atoms. The van der Waals surface area contributed by atoms with Gasteiger partial charge < -0.3 is 4.74 Å². The van der Waals surface area contributed by atoms with Crippen molar-refractivity contribution in [3.8, 4) is 0 Å². The first kappa shape index (κ1) is 9.98. The molecule has 0 aliphatic rings. The van der Waals surface area contributed by atoms with E-state index < -0.39 is 0 Å². The standard InChI is InChI=1S/C7H14O2S/c1-7(2,10-4)6(8)5-9-3/h5H2,1-4H3. The molecule has 10 heavy (non-hydrogen) atoms. The van der Waals surface area contributed by atoms with Crippen LogP contribution in [0.2, 0.25) is 0 Å². The Kier molecular flexibility index (Phi) is 3.98. The molecule has 0 spiro atoms. The Hall–Kier alpha value is -0.0200. The average Bonchev–Trinajstić information content (AvgIpc) is 1.89. The number of Topliss-reactive ketones (excluding diaryl/α,β-unsaturated/α-hetero) is 1. The van der Waals surface area contributed by atoms with E-state index in [9.17, 15) is 4.79 Å². The van der Waals surface area contributed by atoms with Crippen LogP contribution in [0.5, 0.6) is 0 Å². The molecule has 0 rings (SSSR count). The minimum Gasteiger partial charge on any atom is -0.377 e. The first-order valence-corrected chi connectivity index (χ1v) is 4.34. The highest BCUT2D eigenvalue weighted by molar-refractivity contribution is 8.00. The van der Waals surface area contributed by atoms with Gasteiger partial charge in [-0.3, -0.25) is 4.79 Å². The van der Waals surface area contributed by atoms with Crippen LogP contribution in [0.4, 0.5) is 0 Å². The molecule has 0 aromatic heterocycles. The van der Waals surface area contributed by atoms with E-state index in [1.807, 2.05) is 20.1 Å². The van der Waals surface area contributed by atoms with Crippen LogP contribution < -0.4 is 0 Å². The summed E-state index contributed by atoms with van der Waals surface area (Å²) in [6.07, 6.45) is 1.92. The zero-order valence-corrected chi connectivity index (χ0v) is 7.75. The van der Waals surface area contributed by atoms with E-state index in [1.54, 1.807) is 11.8 Å². The lowest BCUT2D eigenvalue weighted by atomic mass is 10.1. The molecule has 0 unspecified atom stereocenters. The smallest absolute Gasteiger partial charge is 0.173 e. The Morgan fingerprint density at radius 2 is 2.10 bits per heavy atom. The zero-order chi connectivity index (χ0) is 8.20. The van der Waals surface area contributed by atoms with Gasteiger partial charge in [-0.25, -0.2) is 0 Å². The maximum atomic E-state index is 11.1. The van der Waals surface area contributed by atoms with E-state index in [0.717, 1.165) is 0 Å². The zero-order valence-electron chi connectivity index (χ0n) is 6.93. The molecular formula is C7H14O2S. The molecule has 0 aromatic rings. The molecule has 0 saturated carbocycles. The van der Waals surface area contributed by atoms with Crippen molar-refractivity contribution in [1.29, 1.82) is 0 Å². The third-order valence-corrected chi connectivity index (χ3v) is 2.71. The quantitative estimate of drug-likeness (QED) is 0.624. The maximum Gasteiger partial charge on any atom is 0.173 e. The lowest BCUT2D eigenvalue weighted by Crippen LogP contribution is -2.30. The summed E-state index contributed by atoms with van der Waals surface area (Å²) >= 11 is 1.55. The van der Waals surface area contributed by atoms with Gasteiger partial charge in [-0.2, -0.15) is 11.8 Å². The van der Waals surface area contributed by atoms with Crippen LogP contribution >= 0.6 is 11.8 Å². The van der Waals surface area contributed by atoms with Gasteiger partial charge in [-0.15, -0.1) is 0 Å². The van der Waals surface area contributed by atoms with Crippen LogP contribution in [0.15, 0.2) is 0 Å². The normalized spacial score (nSPS) is 11.6. The topological polar surface area (TPSA) is 26.3 Å². The van der Waals surface area contributed by atoms with Gasteiger partial charge in [0.15, 0.2) is 5.78 Å². The number of rotatable bonds is 4. The monoisotopic (exact) mass is 162 g/mol. The van der Waals surface area contributed by atoms with Gasteiger partial charge in [0.05, 0.1) is 4.75 Å². The number of carbonyl (C=O) groups excluding carboxylic acids is 1. The van der Waals surface area contributed by atoms with Crippen molar-refractivity contribution in [2.45, 2.75) is 18.6 Å². The minimum atomic E-state index is -0.296. The van der Waals surface area contributed by atoms with Crippen LogP contribution in [-0.4, -0.2) is 30.5 Å². The summed E-state index contributed by atoms with van der Waals surface area (Å²) in [5, 5.41) is 0. The molecular weight excluding hydrogens is 148 g/mol. The fraction of sp³-hybridized carbons (Fsp3) is 0.857. The highest BCUT2D eigenvalue weighted by Crippen LogP contribution is 2.21. The van der Waals surface area contributed by atoms with E-state index in [2.05, 4.69) is 0 Å². The Balaban J connectivity index is 3.91. The molecule has 0 atom stereocenters. The van der Waals surface area contributed by atoms with E-state index in [4.69, 9.17) is 4.74 Å². The fourth-order valence-electron chi connectivity index (χ4n) is 0.419. The molecule has 0 amide bonds. The van der Waals surface area contributed by atoms with Crippen molar-refractivity contribution in [2.24, 2.45) is 0 Å². The number of hydrogen-bond acceptors (Lipinski definition) is 3. The molecule has 0 fully saturated rings. The molecule has 0 radical (unpaired) electrons. The van der Waals surface area contributed by atoms with Gasteiger partial charge in [0, 0.05) is 7.11 Å². The summed E-state index contributed by atoms with van der Waals surface area (Å²) in [5.74, 6) is 0.141. The third-order valence-electron chi connectivity index (χ3n) is 1.46. The molecule has 0 saturated heterocycles. The molecule has 0 N–H and O–H groups in total. The highest BCUT2D eigenvalue weighted by atomic mass is 32.2. The Morgan fingerprint density at radius 3 is 2.40 bits per heavy atom. The third kappa shape index (κ3) is 2.71. The van der Waals surface area contributed by atoms with Crippen LogP contribution in [0, 0.1) is 0 Å². The van der Waals surface area contributed by atoms with Crippen molar-refractivity contribution >= 4 is 17.5 Å². The summed E-state index contributed by atoms with van der Waals surface area (Å²) in [7, 11) is 1.54. The molecule has 0 heterocycles. The number of carbonyl (C=O) groups is 1. The van der Waals surface area contributed by atoms with Crippen molar-refractivity contribution in [3.63, 3.8) is 0 Å². The summed E-state index contributed by atoms with van der Waals surface area (Å²) in [5.41, 5.74) is 0. The van der Waals surface area contributed by atoms with Crippen LogP contribution in [0.1, 0.15) is 13.8 Å². The predicted octanol–water partition coefficient (Wildman–Crippen LogP) is 1.34. The second-order valence-electron chi connectivity index (χ2n) is 2.57. The Labute approximate surface area is 66.3 Å². The first-order valence-electron chi connectivity index (χ1n) is 3.12. The van der Waals surface area contributed by atoms with E-state index in [1.165, 1.54) is 7.11 Å². The van der Waals surface area contributed by atoms with E-state index in [0.29, 0.717) is 0 Å². The van der Waals surface area contributed by atoms with Gasteiger partial charge in [0.2, 0.25) is 0 Å². The Bertz CT molecular complexity index is 121. The van der Waals surface area contributed by atoms with Crippen molar-refractivity contribution in [1.82, 2.24) is 0 Å². The van der Waals surface area contributed by atoms with Gasteiger partial charge >= 0.3 is 0 Å². The molecule has 0 aliphatic heterocycles. The van der Waals surface area contributed by atoms with Crippen molar-refractivity contribution < 1.29 is 9.53 Å². The van der Waals surface area contributed by atoms with Gasteiger partial charge in [-0.1, -0.05) is 0 Å². The number of ether oxygens (including phenoxy) is 1. The highest BCUT2D eigenvalue weighted by Gasteiger charge is 2.25. The lowest BCUT2D eigenvalue weighted by molar-refractivity contribution is -0.124. The van der Waals surface area contributed by atoms with Crippen molar-refractivity contribution in [3.05, 3.63) is 0 Å². The predicted molar refractivity (Wildman–Crippen MR) is 44.5 cm³/mol. The van der Waals surface area contributed by atoms with Crippen LogP contribution in [-0.2, 0) is 9.53 Å². The number of methoxy groups -OCH3 is 1.